The van der Waals surface area contributed by atoms with E-state index < -0.39 is 0 Å². The second kappa shape index (κ2) is 2.77. The van der Waals surface area contributed by atoms with Gasteiger partial charge in [-0.1, -0.05) is 22.0 Å². The average Bonchev–Trinajstić information content (AvgIpc) is 2.31. The van der Waals surface area contributed by atoms with Gasteiger partial charge in [0.15, 0.2) is 0 Å². The highest BCUT2D eigenvalue weighted by atomic mass is 79.9. The zero-order valence-corrected chi connectivity index (χ0v) is 8.93. The number of anilines is 1. The van der Waals surface area contributed by atoms with E-state index in [-0.39, 0.29) is 0 Å². The molecular weight excluding hydrogens is 214 g/mol. The maximum Gasteiger partial charge on any atom is 0.0410 e. The summed E-state index contributed by atoms with van der Waals surface area (Å²) in [6.45, 7) is 2.26. The lowest BCUT2D eigenvalue weighted by atomic mass is 10.1. The molecule has 0 saturated carbocycles. The summed E-state index contributed by atoms with van der Waals surface area (Å²) in [7, 11) is 2.16. The second-order valence-electron chi connectivity index (χ2n) is 3.44. The van der Waals surface area contributed by atoms with Crippen molar-refractivity contribution in [2.75, 3.05) is 11.9 Å². The molecule has 1 aliphatic heterocycles. The summed E-state index contributed by atoms with van der Waals surface area (Å²) in [5, 5.41) is 0. The zero-order chi connectivity index (χ0) is 8.72. The monoisotopic (exact) mass is 225 g/mol. The van der Waals surface area contributed by atoms with Gasteiger partial charge in [-0.25, -0.2) is 0 Å². The van der Waals surface area contributed by atoms with Crippen LogP contribution in [0, 0.1) is 0 Å². The molecule has 1 aromatic rings. The number of likely N-dealkylation sites (N-methyl/N-ethyl adjacent to an activating group) is 1. The molecule has 0 bridgehead atoms. The van der Waals surface area contributed by atoms with Crippen LogP contribution in [0.3, 0.4) is 0 Å². The average molecular weight is 226 g/mol. The second-order valence-corrected chi connectivity index (χ2v) is 4.35. The smallest absolute Gasteiger partial charge is 0.0410 e. The topological polar surface area (TPSA) is 3.24 Å². The van der Waals surface area contributed by atoms with Gasteiger partial charge in [0.2, 0.25) is 0 Å². The first-order chi connectivity index (χ1) is 5.68. The third-order valence-corrected chi connectivity index (χ3v) is 3.10. The first-order valence-corrected chi connectivity index (χ1v) is 4.99. The van der Waals surface area contributed by atoms with Gasteiger partial charge in [-0.2, -0.15) is 0 Å². The van der Waals surface area contributed by atoms with Crippen LogP contribution in [-0.2, 0) is 6.42 Å². The van der Waals surface area contributed by atoms with Crippen molar-refractivity contribution >= 4 is 21.6 Å². The van der Waals surface area contributed by atoms with Crippen molar-refractivity contribution < 1.29 is 0 Å². The van der Waals surface area contributed by atoms with Crippen LogP contribution in [0.25, 0.3) is 0 Å². The molecule has 0 aromatic heterocycles. The summed E-state index contributed by atoms with van der Waals surface area (Å²) in [6.07, 6.45) is 1.18. The molecular formula is C10H12BrN. The number of rotatable bonds is 0. The third kappa shape index (κ3) is 1.14. The van der Waals surface area contributed by atoms with Gasteiger partial charge in [0, 0.05) is 23.2 Å². The van der Waals surface area contributed by atoms with Crippen molar-refractivity contribution in [1.82, 2.24) is 0 Å². The number of nitrogens with zero attached hydrogens (tertiary/aromatic N) is 1. The van der Waals surface area contributed by atoms with Crippen molar-refractivity contribution in [3.63, 3.8) is 0 Å². The van der Waals surface area contributed by atoms with Gasteiger partial charge in [0.25, 0.3) is 0 Å². The Bertz CT molecular complexity index is 309. The molecule has 1 unspecified atom stereocenters. The fraction of sp³-hybridized carbons (Fsp3) is 0.400. The Labute approximate surface area is 81.5 Å². The van der Waals surface area contributed by atoms with E-state index in [4.69, 9.17) is 0 Å². The van der Waals surface area contributed by atoms with Crippen molar-refractivity contribution in [3.8, 4) is 0 Å². The molecule has 0 fully saturated rings. The molecule has 1 heterocycles. The molecule has 1 aromatic carbocycles. The molecule has 1 aliphatic rings. The minimum atomic E-state index is 0.647. The maximum absolute atomic E-state index is 3.49. The Morgan fingerprint density at radius 1 is 1.50 bits per heavy atom. The molecule has 2 heteroatoms. The van der Waals surface area contributed by atoms with Crippen molar-refractivity contribution in [2.45, 2.75) is 19.4 Å². The lowest BCUT2D eigenvalue weighted by Gasteiger charge is -2.18. The van der Waals surface area contributed by atoms with E-state index in [9.17, 15) is 0 Å². The molecule has 0 radical (unpaired) electrons. The Morgan fingerprint density at radius 3 is 3.00 bits per heavy atom. The minimum absolute atomic E-state index is 0.647. The molecule has 0 saturated heterocycles. The lowest BCUT2D eigenvalue weighted by molar-refractivity contribution is 0.732. The van der Waals surface area contributed by atoms with Crippen LogP contribution in [-0.4, -0.2) is 13.1 Å². The lowest BCUT2D eigenvalue weighted by Crippen LogP contribution is -2.23. The SMILES string of the molecule is CC1Cc2ccc(Br)cc2N1C. The highest BCUT2D eigenvalue weighted by Gasteiger charge is 2.22. The van der Waals surface area contributed by atoms with Gasteiger partial charge in [-0.3, -0.25) is 0 Å². The number of benzene rings is 1. The van der Waals surface area contributed by atoms with E-state index >= 15 is 0 Å². The van der Waals surface area contributed by atoms with Gasteiger partial charge >= 0.3 is 0 Å². The number of fused-ring (bicyclic) bond motifs is 1. The van der Waals surface area contributed by atoms with Gasteiger partial charge < -0.3 is 4.90 Å². The molecule has 0 N–H and O–H groups in total. The minimum Gasteiger partial charge on any atom is -0.371 e. The Balaban J connectivity index is 2.48. The summed E-state index contributed by atoms with van der Waals surface area (Å²) < 4.78 is 1.17. The van der Waals surface area contributed by atoms with Crippen LogP contribution in [0.4, 0.5) is 5.69 Å². The van der Waals surface area contributed by atoms with Crippen molar-refractivity contribution in [1.29, 1.82) is 0 Å². The van der Waals surface area contributed by atoms with Crippen LogP contribution in [0.15, 0.2) is 22.7 Å². The van der Waals surface area contributed by atoms with Gasteiger partial charge in [-0.05, 0) is 31.0 Å². The van der Waals surface area contributed by atoms with E-state index in [0.717, 1.165) is 0 Å². The number of hydrogen-bond acceptors (Lipinski definition) is 1. The van der Waals surface area contributed by atoms with E-state index in [1.165, 1.54) is 22.1 Å². The normalized spacial score (nSPS) is 21.2. The largest absolute Gasteiger partial charge is 0.371 e. The molecule has 0 amide bonds. The quantitative estimate of drug-likeness (QED) is 0.657. The molecule has 0 aliphatic carbocycles. The Morgan fingerprint density at radius 2 is 2.25 bits per heavy atom. The highest BCUT2D eigenvalue weighted by Crippen LogP contribution is 2.32. The first-order valence-electron chi connectivity index (χ1n) is 4.20. The molecule has 12 heavy (non-hydrogen) atoms. The van der Waals surface area contributed by atoms with Crippen LogP contribution in [0.1, 0.15) is 12.5 Å². The molecule has 64 valence electrons. The van der Waals surface area contributed by atoms with Gasteiger partial charge in [0.1, 0.15) is 0 Å². The maximum atomic E-state index is 3.49. The van der Waals surface area contributed by atoms with E-state index in [0.29, 0.717) is 6.04 Å². The van der Waals surface area contributed by atoms with E-state index in [2.05, 4.69) is 53.0 Å². The van der Waals surface area contributed by atoms with E-state index in [1.807, 2.05) is 0 Å². The summed E-state index contributed by atoms with van der Waals surface area (Å²) in [5.74, 6) is 0. The summed E-state index contributed by atoms with van der Waals surface area (Å²) in [4.78, 5) is 2.33. The summed E-state index contributed by atoms with van der Waals surface area (Å²) in [5.41, 5.74) is 2.84. The van der Waals surface area contributed by atoms with Crippen molar-refractivity contribution in [3.05, 3.63) is 28.2 Å². The molecule has 1 nitrogen and oxygen atoms in total. The Hall–Kier alpha value is -0.500. The zero-order valence-electron chi connectivity index (χ0n) is 7.34. The predicted molar refractivity (Wildman–Crippen MR) is 55.7 cm³/mol. The fourth-order valence-corrected chi connectivity index (χ4v) is 2.08. The molecule has 0 spiro atoms. The van der Waals surface area contributed by atoms with Crippen LogP contribution in [0.5, 0.6) is 0 Å². The van der Waals surface area contributed by atoms with Crippen molar-refractivity contribution in [2.24, 2.45) is 0 Å². The highest BCUT2D eigenvalue weighted by molar-refractivity contribution is 9.10. The summed E-state index contributed by atoms with van der Waals surface area (Å²) in [6, 6.07) is 7.16. The predicted octanol–water partition coefficient (Wildman–Crippen LogP) is 2.83. The first kappa shape index (κ1) is 8.11. The third-order valence-electron chi connectivity index (χ3n) is 2.60. The number of hydrogen-bond donors (Lipinski definition) is 0. The molecule has 1 atom stereocenters. The number of halogens is 1. The van der Waals surface area contributed by atoms with Crippen LogP contribution in [0.2, 0.25) is 0 Å². The van der Waals surface area contributed by atoms with E-state index in [1.54, 1.807) is 0 Å². The Kier molecular flexibility index (Phi) is 1.87. The van der Waals surface area contributed by atoms with Gasteiger partial charge in [0.05, 0.1) is 0 Å². The summed E-state index contributed by atoms with van der Waals surface area (Å²) >= 11 is 3.49. The fourth-order valence-electron chi connectivity index (χ4n) is 1.73. The van der Waals surface area contributed by atoms with Gasteiger partial charge in [-0.15, -0.1) is 0 Å². The standard InChI is InChI=1S/C10H12BrN/c1-7-5-8-3-4-9(11)6-10(8)12(7)2/h3-4,6-7H,5H2,1-2H3. The van der Waals surface area contributed by atoms with Crippen LogP contribution >= 0.6 is 15.9 Å². The van der Waals surface area contributed by atoms with Crippen LogP contribution < -0.4 is 4.90 Å². The molecule has 2 rings (SSSR count).